The molecule has 0 unspecified atom stereocenters. The molecule has 0 saturated carbocycles. The van der Waals surface area contributed by atoms with Gasteiger partial charge in [-0.05, 0) is 0 Å². The first-order valence-electron chi connectivity index (χ1n) is 4.47. The Balaban J connectivity index is 1.80. The predicted molar refractivity (Wildman–Crippen MR) is 56.7 cm³/mol. The number of carbonyl (C=O) groups is 1. The van der Waals surface area contributed by atoms with E-state index in [9.17, 15) is 4.79 Å². The molecule has 2 aromatic rings. The third-order valence-corrected chi connectivity index (χ3v) is 2.50. The second-order valence-corrected chi connectivity index (χ2v) is 3.89. The van der Waals surface area contributed by atoms with Gasteiger partial charge in [0.1, 0.15) is 12.2 Å². The third-order valence-electron chi connectivity index (χ3n) is 1.75. The van der Waals surface area contributed by atoms with Crippen molar-refractivity contribution in [2.24, 2.45) is 0 Å². The SMILES string of the molecule is Nc1nnc(C(=O)NCCc2ncn[nH]2)s1. The van der Waals surface area contributed by atoms with E-state index in [1.54, 1.807) is 0 Å². The van der Waals surface area contributed by atoms with Gasteiger partial charge in [-0.2, -0.15) is 5.10 Å². The second-order valence-electron chi connectivity index (χ2n) is 2.88. The van der Waals surface area contributed by atoms with Gasteiger partial charge in [-0.25, -0.2) is 4.98 Å². The minimum absolute atomic E-state index is 0.259. The molecule has 0 atom stereocenters. The van der Waals surface area contributed by atoms with E-state index in [4.69, 9.17) is 5.73 Å². The highest BCUT2D eigenvalue weighted by atomic mass is 32.1. The molecule has 0 radical (unpaired) electrons. The maximum Gasteiger partial charge on any atom is 0.282 e. The monoisotopic (exact) mass is 239 g/mol. The number of nitrogens with one attached hydrogen (secondary N) is 2. The number of H-pyrrole nitrogens is 1. The van der Waals surface area contributed by atoms with Gasteiger partial charge in [0.05, 0.1) is 0 Å². The average Bonchev–Trinajstić information content (AvgIpc) is 2.89. The van der Waals surface area contributed by atoms with Crippen LogP contribution in [0.25, 0.3) is 0 Å². The zero-order chi connectivity index (χ0) is 11.4. The van der Waals surface area contributed by atoms with Crippen LogP contribution in [0, 0.1) is 0 Å². The fourth-order valence-electron chi connectivity index (χ4n) is 1.05. The Hall–Kier alpha value is -2.03. The van der Waals surface area contributed by atoms with Gasteiger partial charge in [-0.3, -0.25) is 9.89 Å². The molecule has 8 nitrogen and oxygen atoms in total. The zero-order valence-corrected chi connectivity index (χ0v) is 8.99. The van der Waals surface area contributed by atoms with Gasteiger partial charge in [-0.1, -0.05) is 11.3 Å². The normalized spacial score (nSPS) is 10.2. The van der Waals surface area contributed by atoms with Crippen LogP contribution in [0.2, 0.25) is 0 Å². The largest absolute Gasteiger partial charge is 0.374 e. The number of hydrogen-bond donors (Lipinski definition) is 3. The smallest absolute Gasteiger partial charge is 0.282 e. The first-order chi connectivity index (χ1) is 7.75. The highest BCUT2D eigenvalue weighted by molar-refractivity contribution is 7.16. The summed E-state index contributed by atoms with van der Waals surface area (Å²) in [6, 6.07) is 0. The maximum absolute atomic E-state index is 11.5. The van der Waals surface area contributed by atoms with Crippen LogP contribution in [0.4, 0.5) is 5.13 Å². The molecule has 0 aromatic carbocycles. The Labute approximate surface area is 94.3 Å². The van der Waals surface area contributed by atoms with Crippen LogP contribution in [0.1, 0.15) is 15.6 Å². The Bertz CT molecular complexity index is 465. The number of amides is 1. The highest BCUT2D eigenvalue weighted by Crippen LogP contribution is 2.10. The number of aromatic amines is 1. The van der Waals surface area contributed by atoms with E-state index in [1.807, 2.05) is 0 Å². The maximum atomic E-state index is 11.5. The van der Waals surface area contributed by atoms with Crippen LogP contribution in [-0.4, -0.2) is 37.8 Å². The molecule has 2 aromatic heterocycles. The summed E-state index contributed by atoms with van der Waals surface area (Å²) in [4.78, 5) is 15.4. The first kappa shape index (κ1) is 10.5. The molecule has 0 spiro atoms. The van der Waals surface area contributed by atoms with Crippen molar-refractivity contribution in [3.05, 3.63) is 17.2 Å². The van der Waals surface area contributed by atoms with Crippen molar-refractivity contribution >= 4 is 22.4 Å². The van der Waals surface area contributed by atoms with Crippen molar-refractivity contribution in [1.29, 1.82) is 0 Å². The van der Waals surface area contributed by atoms with E-state index >= 15 is 0 Å². The molecule has 0 saturated heterocycles. The van der Waals surface area contributed by atoms with Crippen LogP contribution >= 0.6 is 11.3 Å². The fourth-order valence-corrected chi connectivity index (χ4v) is 1.57. The van der Waals surface area contributed by atoms with E-state index in [1.165, 1.54) is 6.33 Å². The Kier molecular flexibility index (Phi) is 3.05. The van der Waals surface area contributed by atoms with Crippen molar-refractivity contribution in [2.75, 3.05) is 12.3 Å². The molecule has 0 bridgehead atoms. The highest BCUT2D eigenvalue weighted by Gasteiger charge is 2.10. The molecule has 16 heavy (non-hydrogen) atoms. The molecule has 2 rings (SSSR count). The van der Waals surface area contributed by atoms with E-state index < -0.39 is 0 Å². The lowest BCUT2D eigenvalue weighted by atomic mass is 10.4. The summed E-state index contributed by atoms with van der Waals surface area (Å²) < 4.78 is 0. The molecule has 1 amide bonds. The molecule has 2 heterocycles. The van der Waals surface area contributed by atoms with Crippen molar-refractivity contribution < 1.29 is 4.79 Å². The zero-order valence-electron chi connectivity index (χ0n) is 8.17. The van der Waals surface area contributed by atoms with Gasteiger partial charge in [-0.15, -0.1) is 10.2 Å². The van der Waals surface area contributed by atoms with Gasteiger partial charge >= 0.3 is 0 Å². The molecule has 4 N–H and O–H groups in total. The van der Waals surface area contributed by atoms with Crippen molar-refractivity contribution in [1.82, 2.24) is 30.7 Å². The molecule has 84 valence electrons. The summed E-state index contributed by atoms with van der Waals surface area (Å²) in [5.74, 6) is 0.436. The summed E-state index contributed by atoms with van der Waals surface area (Å²) in [7, 11) is 0. The van der Waals surface area contributed by atoms with Crippen LogP contribution in [0.5, 0.6) is 0 Å². The number of carbonyl (C=O) groups excluding carboxylic acids is 1. The summed E-state index contributed by atoms with van der Waals surface area (Å²) in [5, 5.41) is 16.8. The fraction of sp³-hybridized carbons (Fsp3) is 0.286. The quantitative estimate of drug-likeness (QED) is 0.642. The summed E-state index contributed by atoms with van der Waals surface area (Å²) in [6.45, 7) is 0.452. The second kappa shape index (κ2) is 4.66. The number of aromatic nitrogens is 5. The molecule has 9 heteroatoms. The lowest BCUT2D eigenvalue weighted by Crippen LogP contribution is -2.25. The third kappa shape index (κ3) is 2.51. The average molecular weight is 239 g/mol. The molecule has 0 fully saturated rings. The number of rotatable bonds is 4. The number of anilines is 1. The molecule has 0 aliphatic carbocycles. The Morgan fingerprint density at radius 3 is 3.06 bits per heavy atom. The Morgan fingerprint density at radius 2 is 2.44 bits per heavy atom. The van der Waals surface area contributed by atoms with E-state index in [0.717, 1.165) is 17.2 Å². The minimum atomic E-state index is -0.284. The lowest BCUT2D eigenvalue weighted by molar-refractivity contribution is 0.0953. The number of nitrogens with two attached hydrogens (primary N) is 1. The van der Waals surface area contributed by atoms with Crippen LogP contribution in [-0.2, 0) is 6.42 Å². The molecule has 0 aliphatic rings. The van der Waals surface area contributed by atoms with Crippen LogP contribution < -0.4 is 11.1 Å². The van der Waals surface area contributed by atoms with Gasteiger partial charge in [0.2, 0.25) is 10.1 Å². The molecule has 0 aliphatic heterocycles. The van der Waals surface area contributed by atoms with Crippen molar-refractivity contribution in [3.8, 4) is 0 Å². The van der Waals surface area contributed by atoms with Crippen molar-refractivity contribution in [2.45, 2.75) is 6.42 Å². The predicted octanol–water partition coefficient (Wildman–Crippen LogP) is -0.789. The van der Waals surface area contributed by atoms with E-state index in [0.29, 0.717) is 13.0 Å². The summed E-state index contributed by atoms with van der Waals surface area (Å²) in [6.07, 6.45) is 2.00. The van der Waals surface area contributed by atoms with Gasteiger partial charge < -0.3 is 11.1 Å². The minimum Gasteiger partial charge on any atom is -0.374 e. The van der Waals surface area contributed by atoms with Crippen LogP contribution in [0.3, 0.4) is 0 Å². The Morgan fingerprint density at radius 1 is 1.56 bits per heavy atom. The van der Waals surface area contributed by atoms with Crippen LogP contribution in [0.15, 0.2) is 6.33 Å². The number of hydrogen-bond acceptors (Lipinski definition) is 7. The standard InChI is InChI=1S/C7H9N7OS/c8-7-14-13-6(16-7)5(15)9-2-1-4-10-3-11-12-4/h3H,1-2H2,(H2,8,14)(H,9,15)(H,10,11,12). The van der Waals surface area contributed by atoms with E-state index in [2.05, 4.69) is 30.7 Å². The molecular formula is C7H9N7OS. The molecular weight excluding hydrogens is 230 g/mol. The number of nitrogens with zero attached hydrogens (tertiary/aromatic N) is 4. The summed E-state index contributed by atoms with van der Waals surface area (Å²) >= 11 is 1.05. The first-order valence-corrected chi connectivity index (χ1v) is 5.29. The van der Waals surface area contributed by atoms with Gasteiger partial charge in [0.25, 0.3) is 5.91 Å². The topological polar surface area (TPSA) is 122 Å². The van der Waals surface area contributed by atoms with Crippen molar-refractivity contribution in [3.63, 3.8) is 0 Å². The van der Waals surface area contributed by atoms with Gasteiger partial charge in [0.15, 0.2) is 0 Å². The summed E-state index contributed by atoms with van der Waals surface area (Å²) in [5.41, 5.74) is 5.36. The van der Waals surface area contributed by atoms with Gasteiger partial charge in [0, 0.05) is 13.0 Å². The number of nitrogen functional groups attached to an aromatic ring is 1. The lowest BCUT2D eigenvalue weighted by Gasteiger charge is -1.99. The van der Waals surface area contributed by atoms with E-state index in [-0.39, 0.29) is 16.0 Å².